The van der Waals surface area contributed by atoms with Crippen LogP contribution in [-0.4, -0.2) is 38.4 Å². The van der Waals surface area contributed by atoms with Gasteiger partial charge in [0.05, 0.1) is 13.2 Å². The topological polar surface area (TPSA) is 47.6 Å². The number of carbonyl (C=O) groups is 1. The van der Waals surface area contributed by atoms with E-state index >= 15 is 0 Å². The minimum absolute atomic E-state index is 0.177. The van der Waals surface area contributed by atoms with Crippen molar-refractivity contribution in [3.8, 4) is 0 Å². The van der Waals surface area contributed by atoms with E-state index in [0.717, 1.165) is 12.8 Å². The molecule has 4 nitrogen and oxygen atoms in total. The zero-order chi connectivity index (χ0) is 11.3. The number of hydrogen-bond donors (Lipinski definition) is 1. The molecule has 0 aromatic rings. The van der Waals surface area contributed by atoms with Gasteiger partial charge < -0.3 is 14.8 Å². The highest BCUT2D eigenvalue weighted by atomic mass is 16.5. The van der Waals surface area contributed by atoms with Gasteiger partial charge in [-0.15, -0.1) is 0 Å². The molecule has 15 heavy (non-hydrogen) atoms. The second-order valence-corrected chi connectivity index (χ2v) is 3.85. The van der Waals surface area contributed by atoms with E-state index in [9.17, 15) is 4.79 Å². The summed E-state index contributed by atoms with van der Waals surface area (Å²) in [6.45, 7) is 5.20. The molecule has 0 amide bonds. The predicted molar refractivity (Wildman–Crippen MR) is 57.6 cm³/mol. The van der Waals surface area contributed by atoms with Gasteiger partial charge in [0.25, 0.3) is 0 Å². The lowest BCUT2D eigenvalue weighted by Crippen LogP contribution is -2.56. The molecule has 0 aromatic carbocycles. The molecular formula is C11H21NO3. The zero-order valence-corrected chi connectivity index (χ0v) is 9.84. The Hall–Kier alpha value is -0.610. The fourth-order valence-electron chi connectivity index (χ4n) is 1.82. The van der Waals surface area contributed by atoms with Crippen LogP contribution in [0, 0.1) is 5.92 Å². The van der Waals surface area contributed by atoms with Crippen molar-refractivity contribution < 1.29 is 14.3 Å². The molecular weight excluding hydrogens is 194 g/mol. The minimum atomic E-state index is -0.619. The second-order valence-electron chi connectivity index (χ2n) is 3.85. The molecule has 4 heteroatoms. The van der Waals surface area contributed by atoms with Gasteiger partial charge in [-0.3, -0.25) is 0 Å². The molecule has 1 N–H and O–H groups in total. The highest BCUT2D eigenvalue weighted by Gasteiger charge is 2.51. The number of nitrogens with one attached hydrogen (secondary N) is 1. The lowest BCUT2D eigenvalue weighted by atomic mass is 9.94. The molecule has 0 saturated heterocycles. The summed E-state index contributed by atoms with van der Waals surface area (Å²) in [5.74, 6) is 0.191. The second kappa shape index (κ2) is 5.47. The van der Waals surface area contributed by atoms with Crippen molar-refractivity contribution in [1.29, 1.82) is 0 Å². The SMILES string of the molecule is CCOCC(NC)(C(=O)OCC)C1CC1. The van der Waals surface area contributed by atoms with Crippen LogP contribution in [-0.2, 0) is 14.3 Å². The molecule has 0 heterocycles. The molecule has 0 bridgehead atoms. The Bertz CT molecular complexity index is 216. The monoisotopic (exact) mass is 215 g/mol. The number of ether oxygens (including phenoxy) is 2. The van der Waals surface area contributed by atoms with Crippen LogP contribution in [0.2, 0.25) is 0 Å². The average Bonchev–Trinajstić information content (AvgIpc) is 3.04. The van der Waals surface area contributed by atoms with Gasteiger partial charge in [0.2, 0.25) is 0 Å². The maximum Gasteiger partial charge on any atom is 0.329 e. The van der Waals surface area contributed by atoms with E-state index in [2.05, 4.69) is 5.32 Å². The van der Waals surface area contributed by atoms with Crippen LogP contribution in [0.1, 0.15) is 26.7 Å². The van der Waals surface area contributed by atoms with E-state index < -0.39 is 5.54 Å². The molecule has 0 aromatic heterocycles. The quantitative estimate of drug-likeness (QED) is 0.642. The summed E-state index contributed by atoms with van der Waals surface area (Å²) in [6.07, 6.45) is 2.15. The number of likely N-dealkylation sites (N-methyl/N-ethyl adjacent to an activating group) is 1. The van der Waals surface area contributed by atoms with Gasteiger partial charge >= 0.3 is 5.97 Å². The lowest BCUT2D eigenvalue weighted by Gasteiger charge is -2.30. The Morgan fingerprint density at radius 2 is 2.07 bits per heavy atom. The van der Waals surface area contributed by atoms with Crippen molar-refractivity contribution >= 4 is 5.97 Å². The Labute approximate surface area is 91.3 Å². The van der Waals surface area contributed by atoms with Crippen molar-refractivity contribution in [3.63, 3.8) is 0 Å². The Morgan fingerprint density at radius 1 is 1.40 bits per heavy atom. The van der Waals surface area contributed by atoms with Crippen molar-refractivity contribution in [2.24, 2.45) is 5.92 Å². The fourth-order valence-corrected chi connectivity index (χ4v) is 1.82. The first kappa shape index (κ1) is 12.5. The van der Waals surface area contributed by atoms with Gasteiger partial charge in [0.1, 0.15) is 5.54 Å². The standard InChI is InChI=1S/C11H21NO3/c1-4-14-8-11(12-3,9-6-7-9)10(13)15-5-2/h9,12H,4-8H2,1-3H3. The molecule has 0 spiro atoms. The van der Waals surface area contributed by atoms with Crippen LogP contribution in [0.4, 0.5) is 0 Å². The molecule has 1 aliphatic rings. The van der Waals surface area contributed by atoms with Gasteiger partial charge in [-0.2, -0.15) is 0 Å². The molecule has 0 radical (unpaired) electrons. The Kier molecular flexibility index (Phi) is 4.54. The third-order valence-corrected chi connectivity index (χ3v) is 2.89. The minimum Gasteiger partial charge on any atom is -0.465 e. The van der Waals surface area contributed by atoms with Crippen LogP contribution >= 0.6 is 0 Å². The van der Waals surface area contributed by atoms with Gasteiger partial charge in [0.15, 0.2) is 0 Å². The van der Waals surface area contributed by atoms with Crippen molar-refractivity contribution in [3.05, 3.63) is 0 Å². The summed E-state index contributed by atoms with van der Waals surface area (Å²) in [6, 6.07) is 0. The van der Waals surface area contributed by atoms with Gasteiger partial charge in [0, 0.05) is 6.61 Å². The maximum absolute atomic E-state index is 11.9. The average molecular weight is 215 g/mol. The summed E-state index contributed by atoms with van der Waals surface area (Å²) in [5.41, 5.74) is -0.619. The molecule has 1 aliphatic carbocycles. The van der Waals surface area contributed by atoms with Gasteiger partial charge in [-0.05, 0) is 39.7 Å². The lowest BCUT2D eigenvalue weighted by molar-refractivity contribution is -0.155. The van der Waals surface area contributed by atoms with E-state index in [0.29, 0.717) is 25.7 Å². The fraction of sp³-hybridized carbons (Fsp3) is 0.909. The zero-order valence-electron chi connectivity index (χ0n) is 9.84. The Balaban J connectivity index is 2.68. The molecule has 1 saturated carbocycles. The molecule has 0 aliphatic heterocycles. The highest BCUT2D eigenvalue weighted by molar-refractivity contribution is 5.82. The maximum atomic E-state index is 11.9. The van der Waals surface area contributed by atoms with Gasteiger partial charge in [-0.25, -0.2) is 4.79 Å². The normalized spacial score (nSPS) is 19.7. The first-order chi connectivity index (χ1) is 7.21. The van der Waals surface area contributed by atoms with Crippen molar-refractivity contribution in [2.75, 3.05) is 26.9 Å². The summed E-state index contributed by atoms with van der Waals surface area (Å²) < 4.78 is 10.5. The molecule has 88 valence electrons. The van der Waals surface area contributed by atoms with Crippen LogP contribution in [0.15, 0.2) is 0 Å². The number of esters is 1. The number of rotatable bonds is 7. The molecule has 1 fully saturated rings. The van der Waals surface area contributed by atoms with Crippen LogP contribution in [0.25, 0.3) is 0 Å². The third kappa shape index (κ3) is 2.69. The summed E-state index contributed by atoms with van der Waals surface area (Å²) in [4.78, 5) is 11.9. The summed E-state index contributed by atoms with van der Waals surface area (Å²) >= 11 is 0. The van der Waals surface area contributed by atoms with E-state index in [1.165, 1.54) is 0 Å². The number of carbonyl (C=O) groups excluding carboxylic acids is 1. The van der Waals surface area contributed by atoms with Crippen molar-refractivity contribution in [2.45, 2.75) is 32.2 Å². The van der Waals surface area contributed by atoms with Crippen LogP contribution < -0.4 is 5.32 Å². The predicted octanol–water partition coefficient (Wildman–Crippen LogP) is 0.954. The van der Waals surface area contributed by atoms with Crippen molar-refractivity contribution in [1.82, 2.24) is 5.32 Å². The molecule has 1 unspecified atom stereocenters. The largest absolute Gasteiger partial charge is 0.465 e. The van der Waals surface area contributed by atoms with E-state index in [1.807, 2.05) is 13.8 Å². The first-order valence-electron chi connectivity index (χ1n) is 5.65. The van der Waals surface area contributed by atoms with Crippen LogP contribution in [0.5, 0.6) is 0 Å². The number of hydrogen-bond acceptors (Lipinski definition) is 4. The Morgan fingerprint density at radius 3 is 2.47 bits per heavy atom. The summed E-state index contributed by atoms with van der Waals surface area (Å²) in [7, 11) is 1.80. The van der Waals surface area contributed by atoms with Gasteiger partial charge in [-0.1, -0.05) is 0 Å². The smallest absolute Gasteiger partial charge is 0.329 e. The summed E-state index contributed by atoms with van der Waals surface area (Å²) in [5, 5.41) is 3.10. The molecule has 1 rings (SSSR count). The van der Waals surface area contributed by atoms with E-state index in [-0.39, 0.29) is 5.97 Å². The van der Waals surface area contributed by atoms with E-state index in [1.54, 1.807) is 7.05 Å². The van der Waals surface area contributed by atoms with E-state index in [4.69, 9.17) is 9.47 Å². The highest BCUT2D eigenvalue weighted by Crippen LogP contribution is 2.40. The first-order valence-corrected chi connectivity index (χ1v) is 5.65. The van der Waals surface area contributed by atoms with Crippen LogP contribution in [0.3, 0.4) is 0 Å². The molecule has 1 atom stereocenters. The third-order valence-electron chi connectivity index (χ3n) is 2.89.